The molecule has 1 aromatic carbocycles. The van der Waals surface area contributed by atoms with Gasteiger partial charge in [0.2, 0.25) is 15.9 Å². The molecule has 3 rings (SSSR count). The zero-order valence-electron chi connectivity index (χ0n) is 15.4. The number of rotatable bonds is 5. The van der Waals surface area contributed by atoms with E-state index in [0.717, 1.165) is 31.2 Å². The molecule has 26 heavy (non-hydrogen) atoms. The number of nitrogens with one attached hydrogen (secondary N) is 2. The van der Waals surface area contributed by atoms with Crippen molar-refractivity contribution in [1.82, 2.24) is 10.0 Å². The number of hydrogen-bond donors (Lipinski definition) is 3. The van der Waals surface area contributed by atoms with Crippen molar-refractivity contribution in [2.75, 3.05) is 7.05 Å². The van der Waals surface area contributed by atoms with Crippen LogP contribution in [0.1, 0.15) is 50.6 Å². The predicted molar refractivity (Wildman–Crippen MR) is 101 cm³/mol. The Kier molecular flexibility index (Phi) is 5.69. The van der Waals surface area contributed by atoms with Crippen molar-refractivity contribution in [3.63, 3.8) is 0 Å². The summed E-state index contributed by atoms with van der Waals surface area (Å²) in [5.74, 6) is 0.982. The van der Waals surface area contributed by atoms with E-state index in [1.165, 1.54) is 13.5 Å². The third-order valence-electron chi connectivity index (χ3n) is 6.08. The molecule has 2 aliphatic carbocycles. The molecule has 4 N–H and O–H groups in total. The van der Waals surface area contributed by atoms with Crippen LogP contribution in [0.2, 0.25) is 0 Å². The average Bonchev–Trinajstić information content (AvgIpc) is 2.61. The van der Waals surface area contributed by atoms with Crippen LogP contribution in [0.5, 0.6) is 0 Å². The molecular formula is C19H29N3O3S. The third kappa shape index (κ3) is 3.94. The van der Waals surface area contributed by atoms with Gasteiger partial charge in [-0.15, -0.1) is 0 Å². The topological polar surface area (TPSA) is 101 Å². The fourth-order valence-electron chi connectivity index (χ4n) is 4.49. The van der Waals surface area contributed by atoms with Crippen LogP contribution in [0.25, 0.3) is 0 Å². The molecule has 3 unspecified atom stereocenters. The number of amides is 1. The fraction of sp³-hybridized carbons (Fsp3) is 0.632. The lowest BCUT2D eigenvalue weighted by Crippen LogP contribution is -2.49. The number of benzene rings is 1. The normalized spacial score (nSPS) is 29.8. The van der Waals surface area contributed by atoms with Gasteiger partial charge in [0.05, 0.1) is 10.9 Å². The number of hydrogen-bond acceptors (Lipinski definition) is 4. The summed E-state index contributed by atoms with van der Waals surface area (Å²) in [5, 5.41) is 3.07. The standard InChI is InChI=1S/C19H29N3O3S/c1-12(13-5-4-8-17(11-13)26(24,25)21-2)22-19(23)16-9-14-6-3-7-15(10-16)18(14)20/h4-5,8,11-12,14-16,18,21H,3,6-7,9-10,20H2,1-2H3,(H,22,23). The van der Waals surface area contributed by atoms with E-state index in [0.29, 0.717) is 11.8 Å². The second kappa shape index (κ2) is 7.66. The summed E-state index contributed by atoms with van der Waals surface area (Å²) in [4.78, 5) is 13.0. The van der Waals surface area contributed by atoms with E-state index < -0.39 is 10.0 Å². The van der Waals surface area contributed by atoms with Gasteiger partial charge in [-0.25, -0.2) is 13.1 Å². The predicted octanol–water partition coefficient (Wildman–Crippen LogP) is 1.93. The summed E-state index contributed by atoms with van der Waals surface area (Å²) in [6.07, 6.45) is 5.21. The SMILES string of the molecule is CNS(=O)(=O)c1cccc(C(C)NC(=O)C2CC3CCCC(C2)C3N)c1. The van der Waals surface area contributed by atoms with Crippen LogP contribution < -0.4 is 15.8 Å². The molecule has 144 valence electrons. The van der Waals surface area contributed by atoms with Crippen molar-refractivity contribution in [3.05, 3.63) is 29.8 Å². The van der Waals surface area contributed by atoms with Gasteiger partial charge in [0.15, 0.2) is 0 Å². The molecular weight excluding hydrogens is 350 g/mol. The van der Waals surface area contributed by atoms with Crippen molar-refractivity contribution >= 4 is 15.9 Å². The smallest absolute Gasteiger partial charge is 0.240 e. The van der Waals surface area contributed by atoms with Crippen LogP contribution in [-0.4, -0.2) is 27.4 Å². The molecule has 0 radical (unpaired) electrons. The van der Waals surface area contributed by atoms with Gasteiger partial charge in [0, 0.05) is 12.0 Å². The highest BCUT2D eigenvalue weighted by molar-refractivity contribution is 7.89. The first-order valence-corrected chi connectivity index (χ1v) is 10.9. The summed E-state index contributed by atoms with van der Waals surface area (Å²) < 4.78 is 26.3. The maximum Gasteiger partial charge on any atom is 0.240 e. The second-order valence-corrected chi connectivity index (χ2v) is 9.59. The molecule has 0 spiro atoms. The first-order chi connectivity index (χ1) is 12.3. The van der Waals surface area contributed by atoms with Gasteiger partial charge in [-0.2, -0.15) is 0 Å². The number of sulfonamides is 1. The molecule has 2 saturated carbocycles. The van der Waals surface area contributed by atoms with Crippen molar-refractivity contribution in [2.24, 2.45) is 23.5 Å². The maximum atomic E-state index is 12.8. The highest BCUT2D eigenvalue weighted by Gasteiger charge is 2.40. The van der Waals surface area contributed by atoms with E-state index in [9.17, 15) is 13.2 Å². The Hall–Kier alpha value is -1.44. The van der Waals surface area contributed by atoms with Gasteiger partial charge in [-0.1, -0.05) is 18.6 Å². The maximum absolute atomic E-state index is 12.8. The molecule has 0 aromatic heterocycles. The van der Waals surface area contributed by atoms with Crippen LogP contribution in [0.3, 0.4) is 0 Å². The number of carbonyl (C=O) groups is 1. The quantitative estimate of drug-likeness (QED) is 0.727. The highest BCUT2D eigenvalue weighted by atomic mass is 32.2. The van der Waals surface area contributed by atoms with Crippen molar-refractivity contribution in [2.45, 2.75) is 56.0 Å². The Morgan fingerprint density at radius 1 is 1.23 bits per heavy atom. The van der Waals surface area contributed by atoms with Crippen LogP contribution in [0.15, 0.2) is 29.2 Å². The van der Waals surface area contributed by atoms with E-state index in [1.807, 2.05) is 13.0 Å². The van der Waals surface area contributed by atoms with Gasteiger partial charge < -0.3 is 11.1 Å². The van der Waals surface area contributed by atoms with Crippen molar-refractivity contribution in [1.29, 1.82) is 0 Å². The molecule has 2 bridgehead atoms. The molecule has 0 aliphatic heterocycles. The van der Waals surface area contributed by atoms with E-state index >= 15 is 0 Å². The number of carbonyl (C=O) groups excluding carboxylic acids is 1. The van der Waals surface area contributed by atoms with Gasteiger partial charge in [-0.3, -0.25) is 4.79 Å². The van der Waals surface area contributed by atoms with Crippen molar-refractivity contribution < 1.29 is 13.2 Å². The first-order valence-electron chi connectivity index (χ1n) is 9.41. The van der Waals surface area contributed by atoms with E-state index in [2.05, 4.69) is 10.0 Å². The van der Waals surface area contributed by atoms with Gasteiger partial charge >= 0.3 is 0 Å². The van der Waals surface area contributed by atoms with Crippen LogP contribution >= 0.6 is 0 Å². The Morgan fingerprint density at radius 2 is 1.88 bits per heavy atom. The largest absolute Gasteiger partial charge is 0.349 e. The van der Waals surface area contributed by atoms with Gasteiger partial charge in [0.1, 0.15) is 0 Å². The van der Waals surface area contributed by atoms with Crippen molar-refractivity contribution in [3.8, 4) is 0 Å². The lowest BCUT2D eigenvalue weighted by molar-refractivity contribution is -0.128. The van der Waals surface area contributed by atoms with E-state index in [1.54, 1.807) is 18.2 Å². The Balaban J connectivity index is 1.67. The zero-order chi connectivity index (χ0) is 18.9. The van der Waals surface area contributed by atoms with Crippen LogP contribution in [0.4, 0.5) is 0 Å². The minimum absolute atomic E-state index is 0.0109. The molecule has 7 heteroatoms. The highest BCUT2D eigenvalue weighted by Crippen LogP contribution is 2.42. The average molecular weight is 380 g/mol. The molecule has 1 amide bonds. The molecule has 3 atom stereocenters. The lowest BCUT2D eigenvalue weighted by atomic mass is 9.65. The summed E-state index contributed by atoms with van der Waals surface area (Å²) in [7, 11) is -2.11. The number of fused-ring (bicyclic) bond motifs is 2. The van der Waals surface area contributed by atoms with Gasteiger partial charge in [-0.05, 0) is 69.2 Å². The zero-order valence-corrected chi connectivity index (χ0v) is 16.3. The molecule has 1 aromatic rings. The van der Waals surface area contributed by atoms with Crippen LogP contribution in [-0.2, 0) is 14.8 Å². The Bertz CT molecular complexity index is 751. The lowest BCUT2D eigenvalue weighted by Gasteiger charge is -2.43. The monoisotopic (exact) mass is 379 g/mol. The van der Waals surface area contributed by atoms with E-state index in [-0.39, 0.29) is 28.8 Å². The summed E-state index contributed by atoms with van der Waals surface area (Å²) in [6, 6.07) is 6.70. The minimum Gasteiger partial charge on any atom is -0.349 e. The second-order valence-electron chi connectivity index (χ2n) is 7.71. The molecule has 0 saturated heterocycles. The minimum atomic E-state index is -3.50. The van der Waals surface area contributed by atoms with Crippen LogP contribution in [0, 0.1) is 17.8 Å². The Morgan fingerprint density at radius 3 is 2.50 bits per heavy atom. The number of nitrogens with two attached hydrogens (primary N) is 1. The molecule has 2 fully saturated rings. The summed E-state index contributed by atoms with van der Waals surface area (Å²) >= 11 is 0. The summed E-state index contributed by atoms with van der Waals surface area (Å²) in [5.41, 5.74) is 7.09. The van der Waals surface area contributed by atoms with Gasteiger partial charge in [0.25, 0.3) is 0 Å². The molecule has 2 aliphatic rings. The third-order valence-corrected chi connectivity index (χ3v) is 7.49. The molecule has 0 heterocycles. The van der Waals surface area contributed by atoms with E-state index in [4.69, 9.17) is 5.73 Å². The fourth-order valence-corrected chi connectivity index (χ4v) is 5.27. The summed E-state index contributed by atoms with van der Waals surface area (Å²) in [6.45, 7) is 1.89. The first kappa shape index (κ1) is 19.3. The molecule has 6 nitrogen and oxygen atoms in total. The Labute approximate surface area is 156 Å².